The third-order valence-electron chi connectivity index (χ3n) is 2.99. The van der Waals surface area contributed by atoms with Crippen LogP contribution in [0.2, 0.25) is 0 Å². The van der Waals surface area contributed by atoms with E-state index >= 15 is 0 Å². The molecule has 0 amide bonds. The first kappa shape index (κ1) is 14.2. The Morgan fingerprint density at radius 3 is 2.68 bits per heavy atom. The van der Waals surface area contributed by atoms with Crippen molar-refractivity contribution in [1.82, 2.24) is 0 Å². The molecule has 1 unspecified atom stereocenters. The number of carbonyl (C=O) groups is 2. The quantitative estimate of drug-likeness (QED) is 0.845. The molecule has 1 atom stereocenters. The Balaban J connectivity index is 2.31. The summed E-state index contributed by atoms with van der Waals surface area (Å²) in [5.41, 5.74) is 1.11. The second kappa shape index (κ2) is 5.43. The summed E-state index contributed by atoms with van der Waals surface area (Å²) < 4.78 is 2.04. The maximum absolute atomic E-state index is 12.0. The van der Waals surface area contributed by atoms with Crippen LogP contribution in [0.15, 0.2) is 22.7 Å². The van der Waals surface area contributed by atoms with Crippen molar-refractivity contribution < 1.29 is 14.7 Å². The zero-order chi connectivity index (χ0) is 14.2. The van der Waals surface area contributed by atoms with Crippen LogP contribution in [0.1, 0.15) is 28.6 Å². The van der Waals surface area contributed by atoms with E-state index in [-0.39, 0.29) is 12.2 Å². The number of hydrogen-bond donors (Lipinski definition) is 1. The smallest absolute Gasteiger partial charge is 0.306 e. The molecule has 100 valence electrons. The number of thiophene rings is 1. The number of ketones is 1. The first-order valence-electron chi connectivity index (χ1n) is 5.84. The van der Waals surface area contributed by atoms with Crippen LogP contribution < -0.4 is 0 Å². The SMILES string of the molecule is Cc1cc2cc(C(=O)CC(C)C(=O)O)sc2cc1Br. The Labute approximate surface area is 123 Å². The molecule has 0 spiro atoms. The van der Waals surface area contributed by atoms with Crippen LogP contribution in [-0.2, 0) is 4.79 Å². The fourth-order valence-corrected chi connectivity index (χ4v) is 3.31. The highest BCUT2D eigenvalue weighted by molar-refractivity contribution is 9.10. The standard InChI is InChI=1S/C14H13BrO3S/c1-7-3-9-5-13(19-12(9)6-10(7)15)11(16)4-8(2)14(17)18/h3,5-6,8H,4H2,1-2H3,(H,17,18). The van der Waals surface area contributed by atoms with E-state index in [1.54, 1.807) is 6.92 Å². The van der Waals surface area contributed by atoms with Gasteiger partial charge in [-0.25, -0.2) is 0 Å². The Bertz CT molecular complexity index is 621. The van der Waals surface area contributed by atoms with Crippen molar-refractivity contribution >= 4 is 49.1 Å². The highest BCUT2D eigenvalue weighted by Gasteiger charge is 2.18. The Hall–Kier alpha value is -1.20. The van der Waals surface area contributed by atoms with Crippen molar-refractivity contribution in [3.63, 3.8) is 0 Å². The van der Waals surface area contributed by atoms with Crippen LogP contribution in [0, 0.1) is 12.8 Å². The van der Waals surface area contributed by atoms with Crippen molar-refractivity contribution in [3.05, 3.63) is 33.1 Å². The molecule has 2 rings (SSSR count). The highest BCUT2D eigenvalue weighted by Crippen LogP contribution is 2.31. The van der Waals surface area contributed by atoms with Gasteiger partial charge in [0, 0.05) is 15.6 Å². The van der Waals surface area contributed by atoms with Gasteiger partial charge in [-0.15, -0.1) is 11.3 Å². The summed E-state index contributed by atoms with van der Waals surface area (Å²) in [6, 6.07) is 5.86. The minimum absolute atomic E-state index is 0.0440. The maximum Gasteiger partial charge on any atom is 0.306 e. The molecule has 19 heavy (non-hydrogen) atoms. The fourth-order valence-electron chi connectivity index (χ4n) is 1.78. The van der Waals surface area contributed by atoms with Crippen LogP contribution in [-0.4, -0.2) is 16.9 Å². The van der Waals surface area contributed by atoms with Gasteiger partial charge in [0.15, 0.2) is 5.78 Å². The van der Waals surface area contributed by atoms with Crippen molar-refractivity contribution in [3.8, 4) is 0 Å². The van der Waals surface area contributed by atoms with Gasteiger partial charge in [0.1, 0.15) is 0 Å². The van der Waals surface area contributed by atoms with Gasteiger partial charge in [-0.2, -0.15) is 0 Å². The molecule has 0 fully saturated rings. The normalized spacial score (nSPS) is 12.6. The molecule has 1 heterocycles. The van der Waals surface area contributed by atoms with E-state index in [0.29, 0.717) is 4.88 Å². The maximum atomic E-state index is 12.0. The average molecular weight is 341 g/mol. The number of hydrogen-bond acceptors (Lipinski definition) is 3. The molecular weight excluding hydrogens is 328 g/mol. The molecular formula is C14H13BrO3S. The number of carboxylic acids is 1. The summed E-state index contributed by atoms with van der Waals surface area (Å²) in [7, 11) is 0. The van der Waals surface area contributed by atoms with Crippen LogP contribution in [0.25, 0.3) is 10.1 Å². The van der Waals surface area contributed by atoms with Gasteiger partial charge in [0.05, 0.1) is 10.8 Å². The van der Waals surface area contributed by atoms with E-state index in [4.69, 9.17) is 5.11 Å². The summed E-state index contributed by atoms with van der Waals surface area (Å²) in [5, 5.41) is 9.86. The Morgan fingerprint density at radius 2 is 2.05 bits per heavy atom. The number of rotatable bonds is 4. The zero-order valence-corrected chi connectivity index (χ0v) is 13.0. The molecule has 0 aliphatic carbocycles. The van der Waals surface area contributed by atoms with E-state index in [1.807, 2.05) is 25.1 Å². The molecule has 0 saturated heterocycles. The molecule has 2 aromatic rings. The van der Waals surface area contributed by atoms with Crippen LogP contribution in [0.5, 0.6) is 0 Å². The predicted molar refractivity (Wildman–Crippen MR) is 80.0 cm³/mol. The molecule has 0 bridgehead atoms. The van der Waals surface area contributed by atoms with E-state index in [9.17, 15) is 9.59 Å². The summed E-state index contributed by atoms with van der Waals surface area (Å²) in [6.07, 6.45) is 0.0440. The third kappa shape index (κ3) is 3.04. The summed E-state index contributed by atoms with van der Waals surface area (Å²) >= 11 is 4.88. The largest absolute Gasteiger partial charge is 0.481 e. The molecule has 0 aliphatic heterocycles. The number of benzene rings is 1. The molecule has 5 heteroatoms. The lowest BCUT2D eigenvalue weighted by atomic mass is 10.0. The van der Waals surface area contributed by atoms with Gasteiger partial charge in [-0.05, 0) is 36.1 Å². The lowest BCUT2D eigenvalue weighted by molar-refractivity contribution is -0.141. The van der Waals surface area contributed by atoms with E-state index in [0.717, 1.165) is 20.1 Å². The number of aryl methyl sites for hydroxylation is 1. The number of carbonyl (C=O) groups excluding carboxylic acids is 1. The predicted octanol–water partition coefficient (Wildman–Crippen LogP) is 4.27. The van der Waals surface area contributed by atoms with Crippen LogP contribution in [0.4, 0.5) is 0 Å². The molecule has 0 radical (unpaired) electrons. The number of halogens is 1. The highest BCUT2D eigenvalue weighted by atomic mass is 79.9. The second-order valence-corrected chi connectivity index (χ2v) is 6.55. The molecule has 0 aliphatic rings. The van der Waals surface area contributed by atoms with E-state index in [1.165, 1.54) is 11.3 Å². The molecule has 1 N–H and O–H groups in total. The van der Waals surface area contributed by atoms with Gasteiger partial charge in [-0.1, -0.05) is 22.9 Å². The Morgan fingerprint density at radius 1 is 1.37 bits per heavy atom. The van der Waals surface area contributed by atoms with Crippen LogP contribution >= 0.6 is 27.3 Å². The summed E-state index contributed by atoms with van der Waals surface area (Å²) in [5.74, 6) is -1.69. The molecule has 1 aromatic heterocycles. The van der Waals surface area contributed by atoms with Gasteiger partial charge in [-0.3, -0.25) is 9.59 Å². The van der Waals surface area contributed by atoms with Gasteiger partial charge < -0.3 is 5.11 Å². The third-order valence-corrected chi connectivity index (χ3v) is 4.98. The number of aliphatic carboxylic acids is 1. The molecule has 1 aromatic carbocycles. The van der Waals surface area contributed by atoms with Crippen molar-refractivity contribution in [2.75, 3.05) is 0 Å². The monoisotopic (exact) mass is 340 g/mol. The topological polar surface area (TPSA) is 54.4 Å². The average Bonchev–Trinajstić information content (AvgIpc) is 2.72. The number of carboxylic acid groups (broad SMARTS) is 1. The van der Waals surface area contributed by atoms with Gasteiger partial charge >= 0.3 is 5.97 Å². The lowest BCUT2D eigenvalue weighted by Gasteiger charge is -2.02. The Kier molecular flexibility index (Phi) is 4.06. The summed E-state index contributed by atoms with van der Waals surface area (Å²) in [6.45, 7) is 3.55. The lowest BCUT2D eigenvalue weighted by Crippen LogP contribution is -2.13. The van der Waals surface area contributed by atoms with Gasteiger partial charge in [0.2, 0.25) is 0 Å². The first-order valence-corrected chi connectivity index (χ1v) is 7.45. The zero-order valence-electron chi connectivity index (χ0n) is 10.6. The molecule has 3 nitrogen and oxygen atoms in total. The fraction of sp³-hybridized carbons (Fsp3) is 0.286. The minimum Gasteiger partial charge on any atom is -0.481 e. The van der Waals surface area contributed by atoms with Crippen molar-refractivity contribution in [1.29, 1.82) is 0 Å². The number of Topliss-reactive ketones (excluding diaryl/α,β-unsaturated/α-hetero) is 1. The first-order chi connectivity index (χ1) is 8.88. The van der Waals surface area contributed by atoms with E-state index < -0.39 is 11.9 Å². The molecule has 0 saturated carbocycles. The van der Waals surface area contributed by atoms with Gasteiger partial charge in [0.25, 0.3) is 0 Å². The van der Waals surface area contributed by atoms with E-state index in [2.05, 4.69) is 15.9 Å². The van der Waals surface area contributed by atoms with Crippen LogP contribution in [0.3, 0.4) is 0 Å². The minimum atomic E-state index is -0.937. The number of fused-ring (bicyclic) bond motifs is 1. The second-order valence-electron chi connectivity index (χ2n) is 4.62. The van der Waals surface area contributed by atoms with Crippen molar-refractivity contribution in [2.45, 2.75) is 20.3 Å². The summed E-state index contributed by atoms with van der Waals surface area (Å²) in [4.78, 5) is 23.4. The van der Waals surface area contributed by atoms with Crippen molar-refractivity contribution in [2.24, 2.45) is 5.92 Å².